The molecule has 14 heteroatoms. The molecule has 5 amide bonds. The Hall–Kier alpha value is -4.23. The highest BCUT2D eigenvalue weighted by Gasteiger charge is 2.33. The first-order chi connectivity index (χ1) is 18.8. The topological polar surface area (TPSA) is 198 Å². The van der Waals surface area contributed by atoms with E-state index in [0.29, 0.717) is 5.69 Å². The molecule has 0 radical (unpaired) electrons. The maximum Gasteiger partial charge on any atom is 0.408 e. The third kappa shape index (κ3) is 11.8. The van der Waals surface area contributed by atoms with Crippen molar-refractivity contribution in [3.8, 4) is 0 Å². The zero-order valence-corrected chi connectivity index (χ0v) is 25.0. The molecular formula is C27H42N6O8. The van der Waals surface area contributed by atoms with Gasteiger partial charge in [-0.15, -0.1) is 0 Å². The van der Waals surface area contributed by atoms with Gasteiger partial charge in [-0.1, -0.05) is 27.7 Å². The third-order valence-corrected chi connectivity index (χ3v) is 5.72. The van der Waals surface area contributed by atoms with Crippen molar-refractivity contribution in [2.45, 2.75) is 92.1 Å². The summed E-state index contributed by atoms with van der Waals surface area (Å²) in [6.07, 6.45) is -0.770. The van der Waals surface area contributed by atoms with E-state index < -0.39 is 64.4 Å². The Bertz CT molecular complexity index is 1110. The summed E-state index contributed by atoms with van der Waals surface area (Å²) in [5.74, 6) is -3.12. The van der Waals surface area contributed by atoms with Gasteiger partial charge in [-0.2, -0.15) is 0 Å². The molecule has 0 aromatic heterocycles. The minimum atomic E-state index is -1.06. The van der Waals surface area contributed by atoms with Gasteiger partial charge < -0.3 is 31.3 Å². The normalized spacial score (nSPS) is 14.2. The molecule has 1 aromatic rings. The van der Waals surface area contributed by atoms with Gasteiger partial charge in [0, 0.05) is 17.8 Å². The van der Waals surface area contributed by atoms with Crippen LogP contribution in [0, 0.1) is 22.0 Å². The molecule has 4 atom stereocenters. The zero-order chi connectivity index (χ0) is 31.7. The van der Waals surface area contributed by atoms with Crippen LogP contribution < -0.4 is 26.6 Å². The second-order valence-corrected chi connectivity index (χ2v) is 11.4. The van der Waals surface area contributed by atoms with Gasteiger partial charge in [-0.3, -0.25) is 29.3 Å². The van der Waals surface area contributed by atoms with Gasteiger partial charge in [0.15, 0.2) is 0 Å². The van der Waals surface area contributed by atoms with Crippen molar-refractivity contribution in [2.24, 2.45) is 11.8 Å². The van der Waals surface area contributed by atoms with Crippen molar-refractivity contribution in [3.63, 3.8) is 0 Å². The Morgan fingerprint density at radius 1 is 0.707 bits per heavy atom. The van der Waals surface area contributed by atoms with Gasteiger partial charge >= 0.3 is 6.09 Å². The van der Waals surface area contributed by atoms with Gasteiger partial charge in [0.1, 0.15) is 29.8 Å². The van der Waals surface area contributed by atoms with Gasteiger partial charge in [-0.05, 0) is 58.6 Å². The molecule has 5 N–H and O–H groups in total. The SMILES string of the molecule is CC(C)[C@H](NC(=O)OC(C)(C)C)C(=O)N[C@H](C(=O)N[C@@H](C)C(=O)N[C@@H](C)C(=O)Nc1ccc([N+](=O)[O-])cc1)C(C)C. The molecule has 0 aliphatic heterocycles. The van der Waals surface area contributed by atoms with E-state index in [9.17, 15) is 34.1 Å². The van der Waals surface area contributed by atoms with Crippen LogP contribution in [0.25, 0.3) is 0 Å². The standard InChI is InChI=1S/C27H42N6O8/c1-14(2)20(31-25(37)21(15(3)4)32-26(38)41-27(7,8)9)24(36)29-16(5)22(34)28-17(6)23(35)30-18-10-12-19(13-11-18)33(39)40/h10-17,20-21H,1-9H3,(H,28,34)(H,29,36)(H,30,35)(H,31,37)(H,32,38)/t16-,17-,20-,21-/m0/s1. The molecule has 0 aliphatic carbocycles. The number of amides is 5. The highest BCUT2D eigenvalue weighted by molar-refractivity contribution is 5.98. The number of ether oxygens (including phenoxy) is 1. The molecule has 0 bridgehead atoms. The first-order valence-electron chi connectivity index (χ1n) is 13.3. The number of rotatable bonds is 12. The number of nitrogens with zero attached hydrogens (tertiary/aromatic N) is 1. The lowest BCUT2D eigenvalue weighted by molar-refractivity contribution is -0.384. The molecule has 0 fully saturated rings. The fraction of sp³-hybridized carbons (Fsp3) is 0.593. The first kappa shape index (κ1) is 34.8. The number of carbonyl (C=O) groups excluding carboxylic acids is 5. The van der Waals surface area contributed by atoms with Crippen LogP contribution in [-0.2, 0) is 23.9 Å². The number of anilines is 1. The smallest absolute Gasteiger partial charge is 0.408 e. The van der Waals surface area contributed by atoms with E-state index >= 15 is 0 Å². The molecule has 0 aliphatic rings. The van der Waals surface area contributed by atoms with Crippen molar-refractivity contribution in [3.05, 3.63) is 34.4 Å². The van der Waals surface area contributed by atoms with Crippen LogP contribution >= 0.6 is 0 Å². The summed E-state index contributed by atoms with van der Waals surface area (Å²) in [7, 11) is 0. The molecule has 0 saturated carbocycles. The number of carbonyl (C=O) groups is 5. The second-order valence-electron chi connectivity index (χ2n) is 11.4. The van der Waals surface area contributed by atoms with E-state index in [2.05, 4.69) is 26.6 Å². The Labute approximate surface area is 239 Å². The number of alkyl carbamates (subject to hydrolysis) is 1. The molecular weight excluding hydrogens is 536 g/mol. The summed E-state index contributed by atoms with van der Waals surface area (Å²) >= 11 is 0. The highest BCUT2D eigenvalue weighted by atomic mass is 16.6. The summed E-state index contributed by atoms with van der Waals surface area (Å²) in [4.78, 5) is 73.7. The summed E-state index contributed by atoms with van der Waals surface area (Å²) in [6, 6.07) is 1.13. The molecule has 1 aromatic carbocycles. The average Bonchev–Trinajstić information content (AvgIpc) is 2.84. The monoisotopic (exact) mass is 578 g/mol. The predicted molar refractivity (Wildman–Crippen MR) is 152 cm³/mol. The van der Waals surface area contributed by atoms with Crippen molar-refractivity contribution < 1.29 is 33.6 Å². The van der Waals surface area contributed by atoms with E-state index in [4.69, 9.17) is 4.74 Å². The van der Waals surface area contributed by atoms with Crippen LogP contribution in [-0.4, -0.2) is 64.4 Å². The summed E-state index contributed by atoms with van der Waals surface area (Å²) in [5, 5.41) is 23.5. The Morgan fingerprint density at radius 2 is 1.15 bits per heavy atom. The van der Waals surface area contributed by atoms with Gasteiger partial charge in [0.2, 0.25) is 23.6 Å². The molecule has 0 unspecified atom stereocenters. The van der Waals surface area contributed by atoms with Crippen molar-refractivity contribution in [1.29, 1.82) is 0 Å². The van der Waals surface area contributed by atoms with Gasteiger partial charge in [-0.25, -0.2) is 4.79 Å². The first-order valence-corrected chi connectivity index (χ1v) is 13.3. The summed E-state index contributed by atoms with van der Waals surface area (Å²) in [5.41, 5.74) is -0.592. The zero-order valence-electron chi connectivity index (χ0n) is 25.0. The van der Waals surface area contributed by atoms with Crippen LogP contribution in [0.1, 0.15) is 62.3 Å². The van der Waals surface area contributed by atoms with Crippen molar-refractivity contribution >= 4 is 41.1 Å². The molecule has 14 nitrogen and oxygen atoms in total. The van der Waals surface area contributed by atoms with E-state index in [0.717, 1.165) is 0 Å². The minimum Gasteiger partial charge on any atom is -0.444 e. The van der Waals surface area contributed by atoms with Gasteiger partial charge in [0.05, 0.1) is 4.92 Å². The lowest BCUT2D eigenvalue weighted by atomic mass is 9.99. The number of nitro benzene ring substituents is 1. The lowest BCUT2D eigenvalue weighted by Crippen LogP contribution is -2.59. The largest absolute Gasteiger partial charge is 0.444 e. The van der Waals surface area contributed by atoms with Crippen molar-refractivity contribution in [1.82, 2.24) is 21.3 Å². The summed E-state index contributed by atoms with van der Waals surface area (Å²) in [6.45, 7) is 14.8. The quantitative estimate of drug-likeness (QED) is 0.184. The molecule has 228 valence electrons. The molecule has 0 heterocycles. The van der Waals surface area contributed by atoms with Crippen LogP contribution in [0.4, 0.5) is 16.2 Å². The Morgan fingerprint density at radius 3 is 1.61 bits per heavy atom. The van der Waals surface area contributed by atoms with E-state index in [1.165, 1.54) is 38.1 Å². The van der Waals surface area contributed by atoms with Crippen LogP contribution in [0.2, 0.25) is 0 Å². The minimum absolute atomic E-state index is 0.135. The van der Waals surface area contributed by atoms with Crippen molar-refractivity contribution in [2.75, 3.05) is 5.32 Å². The number of non-ortho nitro benzene ring substituents is 1. The maximum atomic E-state index is 13.0. The molecule has 1 rings (SSSR count). The average molecular weight is 579 g/mol. The molecule has 0 spiro atoms. The third-order valence-electron chi connectivity index (χ3n) is 5.72. The van der Waals surface area contributed by atoms with Gasteiger partial charge in [0.25, 0.3) is 5.69 Å². The van der Waals surface area contributed by atoms with E-state index in [1.54, 1.807) is 48.5 Å². The fourth-order valence-corrected chi connectivity index (χ4v) is 3.44. The van der Waals surface area contributed by atoms with Crippen LogP contribution in [0.3, 0.4) is 0 Å². The summed E-state index contributed by atoms with van der Waals surface area (Å²) < 4.78 is 5.24. The number of hydrogen-bond acceptors (Lipinski definition) is 8. The number of nitro groups is 1. The highest BCUT2D eigenvalue weighted by Crippen LogP contribution is 2.15. The molecule has 41 heavy (non-hydrogen) atoms. The Kier molecular flexibility index (Phi) is 12.7. The lowest BCUT2D eigenvalue weighted by Gasteiger charge is -2.28. The number of hydrogen-bond donors (Lipinski definition) is 5. The van der Waals surface area contributed by atoms with Crippen LogP contribution in [0.5, 0.6) is 0 Å². The van der Waals surface area contributed by atoms with Crippen LogP contribution in [0.15, 0.2) is 24.3 Å². The number of benzene rings is 1. The fourth-order valence-electron chi connectivity index (χ4n) is 3.44. The molecule has 0 saturated heterocycles. The maximum absolute atomic E-state index is 13.0. The predicted octanol–water partition coefficient (Wildman–Crippen LogP) is 2.23. The van der Waals surface area contributed by atoms with E-state index in [1.807, 2.05) is 0 Å². The number of nitrogens with one attached hydrogen (secondary N) is 5. The van der Waals surface area contributed by atoms with E-state index in [-0.39, 0.29) is 17.5 Å². The second kappa shape index (κ2) is 15.0. The Balaban J connectivity index is 2.78.